The zero-order chi connectivity index (χ0) is 10.3. The zero-order valence-corrected chi connectivity index (χ0v) is 8.28. The van der Waals surface area contributed by atoms with Crippen LogP contribution in [0.2, 0.25) is 0 Å². The van der Waals surface area contributed by atoms with Crippen molar-refractivity contribution in [1.29, 1.82) is 0 Å². The van der Waals surface area contributed by atoms with Crippen LogP contribution in [0.3, 0.4) is 0 Å². The van der Waals surface area contributed by atoms with Crippen molar-refractivity contribution in [3.05, 3.63) is 45.7 Å². The maximum absolute atomic E-state index is 8.25. The van der Waals surface area contributed by atoms with Gasteiger partial charge in [0.15, 0.2) is 4.90 Å². The van der Waals surface area contributed by atoms with Gasteiger partial charge in [0.1, 0.15) is 12.5 Å². The van der Waals surface area contributed by atoms with Crippen molar-refractivity contribution in [2.24, 2.45) is 0 Å². The summed E-state index contributed by atoms with van der Waals surface area (Å²) in [5.41, 5.74) is 0. The second-order valence-corrected chi connectivity index (χ2v) is 4.46. The summed E-state index contributed by atoms with van der Waals surface area (Å²) in [6, 6.07) is 10.6. The highest BCUT2D eigenvalue weighted by molar-refractivity contribution is 7.95. The Balaban J connectivity index is 0.000000310. The predicted molar refractivity (Wildman–Crippen MR) is 54.3 cm³/mol. The molecule has 0 aromatic heterocycles. The summed E-state index contributed by atoms with van der Waals surface area (Å²) in [6.07, 6.45) is 4.46. The summed E-state index contributed by atoms with van der Waals surface area (Å²) in [4.78, 5) is 9.69. The maximum atomic E-state index is 8.25. The molecule has 1 aromatic rings. The van der Waals surface area contributed by atoms with E-state index in [1.165, 1.54) is 4.90 Å². The van der Waals surface area contributed by atoms with E-state index in [4.69, 9.17) is 15.3 Å². The van der Waals surface area contributed by atoms with Gasteiger partial charge in [-0.2, -0.15) is 0 Å². The fourth-order valence-corrected chi connectivity index (χ4v) is 1.39. The number of hydrogen-bond donors (Lipinski definition) is 0. The summed E-state index contributed by atoms with van der Waals surface area (Å²) in [7, 11) is 0.421. The van der Waals surface area contributed by atoms with Crippen LogP contribution >= 0.6 is 0 Å². The van der Waals surface area contributed by atoms with Gasteiger partial charge in [0.2, 0.25) is 0 Å². The molecule has 0 saturated carbocycles. The molecule has 13 heavy (non-hydrogen) atoms. The highest BCUT2D eigenvalue weighted by atomic mass is 32.2. The van der Waals surface area contributed by atoms with Crippen molar-refractivity contribution >= 4 is 10.9 Å². The van der Waals surface area contributed by atoms with E-state index >= 15 is 0 Å². The Morgan fingerprint density at radius 1 is 1.15 bits per heavy atom. The fourth-order valence-electron chi connectivity index (χ4n) is 0.693. The molecule has 0 aliphatic heterocycles. The Labute approximate surface area is 79.7 Å². The second-order valence-electron chi connectivity index (χ2n) is 2.35. The highest BCUT2D eigenvalue weighted by Crippen LogP contribution is 2.05. The van der Waals surface area contributed by atoms with E-state index in [1.54, 1.807) is 0 Å². The molecule has 5 heteroatoms. The van der Waals surface area contributed by atoms with Gasteiger partial charge in [-0.3, -0.25) is 0 Å². The minimum Gasteiger partial charge on any atom is -0.356 e. The molecular weight excluding hydrogens is 190 g/mol. The van der Waals surface area contributed by atoms with Crippen molar-refractivity contribution in [2.45, 2.75) is 4.90 Å². The van der Waals surface area contributed by atoms with Gasteiger partial charge in [-0.05, 0) is 12.1 Å². The molecule has 0 aliphatic rings. The Morgan fingerprint density at radius 3 is 1.77 bits per heavy atom. The van der Waals surface area contributed by atoms with Crippen LogP contribution in [0.4, 0.5) is 0 Å². The van der Waals surface area contributed by atoms with E-state index in [1.807, 2.05) is 0 Å². The first-order valence-electron chi connectivity index (χ1n) is 3.48. The molecule has 1 rings (SSSR count). The third kappa shape index (κ3) is 7.14. The Hall–Kier alpha value is -1.23. The molecule has 0 bridgehead atoms. The summed E-state index contributed by atoms with van der Waals surface area (Å²) in [6.45, 7) is 0. The summed E-state index contributed by atoms with van der Waals surface area (Å²) >= 11 is 0. The van der Waals surface area contributed by atoms with Gasteiger partial charge in [-0.25, -0.2) is 0 Å². The molecule has 0 unspecified atom stereocenters. The first-order chi connectivity index (χ1) is 6.04. The van der Waals surface area contributed by atoms with Crippen LogP contribution in [0.25, 0.3) is 0 Å². The van der Waals surface area contributed by atoms with Crippen LogP contribution in [0.5, 0.6) is 0 Å². The van der Waals surface area contributed by atoms with Crippen molar-refractivity contribution in [1.82, 2.24) is 0 Å². The first-order valence-corrected chi connectivity index (χ1v) is 5.52. The van der Waals surface area contributed by atoms with Crippen LogP contribution < -0.4 is 0 Å². The SMILES string of the molecule is C[S+](C)c1ccccc1.O=[N+]([O-])[O-]. The van der Waals surface area contributed by atoms with Gasteiger partial charge in [0, 0.05) is 10.9 Å². The third-order valence-electron chi connectivity index (χ3n) is 1.21. The quantitative estimate of drug-likeness (QED) is 0.394. The summed E-state index contributed by atoms with van der Waals surface area (Å²) < 4.78 is 0. The zero-order valence-electron chi connectivity index (χ0n) is 7.47. The lowest BCUT2D eigenvalue weighted by Gasteiger charge is -1.91. The normalized spacial score (nSPS) is 8.85. The molecule has 0 N–H and O–H groups in total. The van der Waals surface area contributed by atoms with E-state index in [0.29, 0.717) is 10.9 Å². The lowest BCUT2D eigenvalue weighted by molar-refractivity contribution is -0.402. The number of nitrogens with zero attached hydrogens (tertiary/aromatic N) is 1. The van der Waals surface area contributed by atoms with Crippen molar-refractivity contribution in [2.75, 3.05) is 12.5 Å². The van der Waals surface area contributed by atoms with Crippen LogP contribution in [0.15, 0.2) is 35.2 Å². The van der Waals surface area contributed by atoms with Gasteiger partial charge in [-0.15, -0.1) is 0 Å². The first kappa shape index (κ1) is 11.8. The Kier molecular flexibility index (Phi) is 5.71. The van der Waals surface area contributed by atoms with Crippen LogP contribution in [0, 0.1) is 15.3 Å². The highest BCUT2D eigenvalue weighted by Gasteiger charge is 2.03. The van der Waals surface area contributed by atoms with Crippen LogP contribution in [0.1, 0.15) is 0 Å². The minimum atomic E-state index is -1.75. The van der Waals surface area contributed by atoms with Gasteiger partial charge < -0.3 is 15.3 Å². The van der Waals surface area contributed by atoms with Gasteiger partial charge in [0.25, 0.3) is 0 Å². The molecule has 0 aliphatic carbocycles. The van der Waals surface area contributed by atoms with Crippen LogP contribution in [-0.2, 0) is 10.9 Å². The van der Waals surface area contributed by atoms with Crippen molar-refractivity contribution in [3.63, 3.8) is 0 Å². The van der Waals surface area contributed by atoms with E-state index in [-0.39, 0.29) is 0 Å². The van der Waals surface area contributed by atoms with Gasteiger partial charge in [-0.1, -0.05) is 18.2 Å². The van der Waals surface area contributed by atoms with Crippen LogP contribution in [-0.4, -0.2) is 17.6 Å². The average molecular weight is 201 g/mol. The number of benzene rings is 1. The average Bonchev–Trinajstić information content (AvgIpc) is 2.05. The van der Waals surface area contributed by atoms with Crippen molar-refractivity contribution < 1.29 is 5.09 Å². The Bertz CT molecular complexity index is 247. The van der Waals surface area contributed by atoms with E-state index in [9.17, 15) is 0 Å². The molecule has 0 saturated heterocycles. The second kappa shape index (κ2) is 6.30. The topological polar surface area (TPSA) is 66.2 Å². The Morgan fingerprint density at radius 2 is 1.54 bits per heavy atom. The predicted octanol–water partition coefficient (Wildman–Crippen LogP) is 1.68. The number of hydrogen-bond acceptors (Lipinski definition) is 3. The molecule has 1 aromatic carbocycles. The number of rotatable bonds is 1. The molecule has 4 nitrogen and oxygen atoms in total. The summed E-state index contributed by atoms with van der Waals surface area (Å²) in [5.74, 6) is 0. The maximum Gasteiger partial charge on any atom is 0.154 e. The molecule has 0 radical (unpaired) electrons. The fraction of sp³-hybridized carbons (Fsp3) is 0.250. The largest absolute Gasteiger partial charge is 0.356 e. The van der Waals surface area contributed by atoms with E-state index in [2.05, 4.69) is 42.8 Å². The standard InChI is InChI=1S/C8H11S.NO3/c1-9(2)8-6-4-3-5-7-8;2-1(3)4/h3-7H,1-2H3;/q+1;-1. The minimum absolute atomic E-state index is 0.421. The van der Waals surface area contributed by atoms with E-state index < -0.39 is 5.09 Å². The van der Waals surface area contributed by atoms with Gasteiger partial charge >= 0.3 is 0 Å². The molecule has 0 heterocycles. The van der Waals surface area contributed by atoms with Gasteiger partial charge in [0.05, 0.1) is 5.09 Å². The third-order valence-corrected chi connectivity index (χ3v) is 2.43. The molecule has 0 fully saturated rings. The molecule has 72 valence electrons. The van der Waals surface area contributed by atoms with E-state index in [0.717, 1.165) is 0 Å². The molecular formula is C8H11NO3S. The molecule has 0 atom stereocenters. The lowest BCUT2D eigenvalue weighted by atomic mass is 10.4. The monoisotopic (exact) mass is 201 g/mol. The molecule has 0 spiro atoms. The smallest absolute Gasteiger partial charge is 0.154 e. The molecule has 0 amide bonds. The van der Waals surface area contributed by atoms with Crippen molar-refractivity contribution in [3.8, 4) is 0 Å². The summed E-state index contributed by atoms with van der Waals surface area (Å²) in [5, 5.41) is 14.8. The lowest BCUT2D eigenvalue weighted by Crippen LogP contribution is -1.93.